The summed E-state index contributed by atoms with van der Waals surface area (Å²) in [5.41, 5.74) is 7.89. The Morgan fingerprint density at radius 2 is 1.73 bits per heavy atom. The molecule has 0 radical (unpaired) electrons. The highest BCUT2D eigenvalue weighted by Gasteiger charge is 2.26. The quantitative estimate of drug-likeness (QED) is 0.298. The van der Waals surface area contributed by atoms with E-state index in [1.54, 1.807) is 42.5 Å². The number of nitrogens with two attached hydrogens (primary N) is 1. The van der Waals surface area contributed by atoms with Crippen LogP contribution in [0.3, 0.4) is 0 Å². The number of carbonyl (C=O) groups is 1. The lowest BCUT2D eigenvalue weighted by molar-refractivity contribution is 0.104. The molecule has 0 amide bonds. The van der Waals surface area contributed by atoms with E-state index in [-0.39, 0.29) is 22.5 Å². The molecule has 6 rings (SSSR count). The Kier molecular flexibility index (Phi) is 5.64. The van der Waals surface area contributed by atoms with Crippen LogP contribution in [0.15, 0.2) is 84.1 Å². The Morgan fingerprint density at radius 3 is 2.54 bits per heavy atom. The van der Waals surface area contributed by atoms with Crippen LogP contribution in [0.2, 0.25) is 0 Å². The first-order chi connectivity index (χ1) is 17.9. The van der Waals surface area contributed by atoms with Gasteiger partial charge in [0.2, 0.25) is 0 Å². The van der Waals surface area contributed by atoms with Crippen LogP contribution < -0.4 is 10.5 Å². The third kappa shape index (κ3) is 4.21. The van der Waals surface area contributed by atoms with E-state index in [0.29, 0.717) is 27.8 Å². The number of carbonyl (C=O) groups excluding carboxylic acids is 1. The van der Waals surface area contributed by atoms with Gasteiger partial charge in [-0.3, -0.25) is 9.52 Å². The topological polar surface area (TPSA) is 120 Å². The second kappa shape index (κ2) is 9.01. The number of sulfonamides is 1. The summed E-state index contributed by atoms with van der Waals surface area (Å²) in [6.07, 6.45) is 7.54. The number of anilines is 2. The van der Waals surface area contributed by atoms with E-state index in [1.807, 2.05) is 35.0 Å². The zero-order valence-electron chi connectivity index (χ0n) is 20.0. The molecule has 1 fully saturated rings. The number of ketones is 1. The first-order valence-corrected chi connectivity index (χ1v) is 13.7. The highest BCUT2D eigenvalue weighted by atomic mass is 32.2. The van der Waals surface area contributed by atoms with Crippen LogP contribution in [0.4, 0.5) is 11.5 Å². The van der Waals surface area contributed by atoms with Gasteiger partial charge in [-0.2, -0.15) is 0 Å². The highest BCUT2D eigenvalue weighted by molar-refractivity contribution is 7.92. The summed E-state index contributed by atoms with van der Waals surface area (Å²) in [6.45, 7) is 0. The zero-order valence-corrected chi connectivity index (χ0v) is 20.8. The predicted molar refractivity (Wildman–Crippen MR) is 144 cm³/mol. The summed E-state index contributed by atoms with van der Waals surface area (Å²) in [5.74, 6) is -0.0201. The molecular formula is C28H25N5O3S. The minimum absolute atomic E-state index is 0.146. The van der Waals surface area contributed by atoms with Gasteiger partial charge in [-0.1, -0.05) is 55.3 Å². The number of fused-ring (bicyclic) bond motifs is 2. The second-order valence-electron chi connectivity index (χ2n) is 9.37. The van der Waals surface area contributed by atoms with Gasteiger partial charge >= 0.3 is 0 Å². The van der Waals surface area contributed by atoms with Crippen molar-refractivity contribution in [3.8, 4) is 0 Å². The van der Waals surface area contributed by atoms with Crippen LogP contribution >= 0.6 is 0 Å². The third-order valence-electron chi connectivity index (χ3n) is 7.01. The van der Waals surface area contributed by atoms with Crippen molar-refractivity contribution in [1.82, 2.24) is 14.5 Å². The number of hydrogen-bond donors (Lipinski definition) is 2. The summed E-state index contributed by atoms with van der Waals surface area (Å²) in [7, 11) is -3.87. The van der Waals surface area contributed by atoms with Crippen LogP contribution in [0.1, 0.15) is 47.6 Å². The van der Waals surface area contributed by atoms with Crippen LogP contribution in [0.25, 0.3) is 21.8 Å². The van der Waals surface area contributed by atoms with Gasteiger partial charge in [-0.05, 0) is 47.9 Å². The van der Waals surface area contributed by atoms with Gasteiger partial charge in [0, 0.05) is 23.5 Å². The minimum atomic E-state index is -3.87. The van der Waals surface area contributed by atoms with Gasteiger partial charge in [-0.25, -0.2) is 18.4 Å². The standard InChI is InChI=1S/C28H25N5O3S/c29-27-25-24(16-33(22-10-3-4-11-22)28(25)31-17-30-27)26(34)20-8-5-9-21(14-20)32-37(35,36)23-13-12-18-6-1-2-7-19(18)15-23/h1-2,5-9,12-17,22,32H,3-4,10-11H2,(H2,29,30,31). The smallest absolute Gasteiger partial charge is 0.261 e. The number of rotatable bonds is 6. The lowest BCUT2D eigenvalue weighted by Crippen LogP contribution is -2.13. The molecular weight excluding hydrogens is 486 g/mol. The molecule has 0 spiro atoms. The fourth-order valence-electron chi connectivity index (χ4n) is 5.17. The monoisotopic (exact) mass is 511 g/mol. The molecule has 0 atom stereocenters. The predicted octanol–water partition coefficient (Wildman–Crippen LogP) is 5.31. The average Bonchev–Trinajstić information content (AvgIpc) is 3.57. The SMILES string of the molecule is Nc1ncnc2c1c(C(=O)c1cccc(NS(=O)(=O)c3ccc4ccccc4c3)c1)cn2C1CCCC1. The van der Waals surface area contributed by atoms with Crippen LogP contribution in [0, 0.1) is 0 Å². The van der Waals surface area contributed by atoms with Gasteiger partial charge in [0.15, 0.2) is 5.78 Å². The molecule has 0 bridgehead atoms. The largest absolute Gasteiger partial charge is 0.383 e. The molecule has 3 N–H and O–H groups in total. The number of hydrogen-bond acceptors (Lipinski definition) is 6. The Morgan fingerprint density at radius 1 is 0.946 bits per heavy atom. The van der Waals surface area contributed by atoms with Crippen molar-refractivity contribution in [1.29, 1.82) is 0 Å². The first-order valence-electron chi connectivity index (χ1n) is 12.2. The molecule has 9 heteroatoms. The van der Waals surface area contributed by atoms with Crippen molar-refractivity contribution in [2.75, 3.05) is 10.5 Å². The number of nitrogens with one attached hydrogen (secondary N) is 1. The summed E-state index contributed by atoms with van der Waals surface area (Å²) >= 11 is 0. The van der Waals surface area contributed by atoms with E-state index in [9.17, 15) is 13.2 Å². The number of benzene rings is 3. The summed E-state index contributed by atoms with van der Waals surface area (Å²) in [5, 5.41) is 2.31. The first kappa shape index (κ1) is 23.2. The molecule has 5 aromatic rings. The lowest BCUT2D eigenvalue weighted by atomic mass is 10.0. The Bertz CT molecular complexity index is 1770. The summed E-state index contributed by atoms with van der Waals surface area (Å²) in [4.78, 5) is 22.4. The van der Waals surface area contributed by atoms with Gasteiger partial charge < -0.3 is 10.3 Å². The van der Waals surface area contributed by atoms with E-state index < -0.39 is 10.0 Å². The normalized spacial score (nSPS) is 14.4. The molecule has 0 saturated heterocycles. The van der Waals surface area contributed by atoms with Crippen molar-refractivity contribution in [2.45, 2.75) is 36.6 Å². The van der Waals surface area contributed by atoms with Crippen LogP contribution in [0.5, 0.6) is 0 Å². The molecule has 0 aliphatic heterocycles. The molecule has 1 aliphatic carbocycles. The molecule has 2 heterocycles. The summed E-state index contributed by atoms with van der Waals surface area (Å²) in [6, 6.07) is 19.3. The van der Waals surface area contributed by atoms with Crippen molar-refractivity contribution in [3.63, 3.8) is 0 Å². The second-order valence-corrected chi connectivity index (χ2v) is 11.1. The number of nitrogens with zero attached hydrogens (tertiary/aromatic N) is 3. The van der Waals surface area contributed by atoms with E-state index >= 15 is 0 Å². The molecule has 1 aliphatic rings. The van der Waals surface area contributed by atoms with Crippen molar-refractivity contribution < 1.29 is 13.2 Å². The van der Waals surface area contributed by atoms with E-state index in [1.165, 1.54) is 6.33 Å². The maximum absolute atomic E-state index is 13.7. The van der Waals surface area contributed by atoms with Gasteiger partial charge in [0.05, 0.1) is 15.8 Å². The molecule has 3 aromatic carbocycles. The molecule has 2 aromatic heterocycles. The number of nitrogen functional groups attached to an aromatic ring is 1. The Balaban J connectivity index is 1.34. The molecule has 0 unspecified atom stereocenters. The van der Waals surface area contributed by atoms with Crippen molar-refractivity contribution >= 4 is 49.1 Å². The fourth-order valence-corrected chi connectivity index (χ4v) is 6.25. The Labute approximate surface area is 214 Å². The highest BCUT2D eigenvalue weighted by Crippen LogP contribution is 2.35. The maximum Gasteiger partial charge on any atom is 0.261 e. The lowest BCUT2D eigenvalue weighted by Gasteiger charge is -2.12. The van der Waals surface area contributed by atoms with E-state index in [4.69, 9.17) is 5.73 Å². The summed E-state index contributed by atoms with van der Waals surface area (Å²) < 4.78 is 30.9. The average molecular weight is 512 g/mol. The van der Waals surface area contributed by atoms with Crippen LogP contribution in [-0.2, 0) is 10.0 Å². The van der Waals surface area contributed by atoms with Gasteiger partial charge in [-0.15, -0.1) is 0 Å². The Hall–Kier alpha value is -4.24. The molecule has 186 valence electrons. The molecule has 37 heavy (non-hydrogen) atoms. The zero-order chi connectivity index (χ0) is 25.6. The third-order valence-corrected chi connectivity index (χ3v) is 8.39. The van der Waals surface area contributed by atoms with Gasteiger partial charge in [0.25, 0.3) is 10.0 Å². The van der Waals surface area contributed by atoms with E-state index in [2.05, 4.69) is 14.7 Å². The minimum Gasteiger partial charge on any atom is -0.383 e. The maximum atomic E-state index is 13.7. The van der Waals surface area contributed by atoms with Gasteiger partial charge in [0.1, 0.15) is 17.8 Å². The van der Waals surface area contributed by atoms with Crippen LogP contribution in [-0.4, -0.2) is 28.7 Å². The van der Waals surface area contributed by atoms with Crippen molar-refractivity contribution in [3.05, 3.63) is 90.4 Å². The molecule has 1 saturated carbocycles. The number of aromatic nitrogens is 3. The molecule has 8 nitrogen and oxygen atoms in total. The van der Waals surface area contributed by atoms with Crippen molar-refractivity contribution in [2.24, 2.45) is 0 Å². The van der Waals surface area contributed by atoms with E-state index in [0.717, 1.165) is 36.5 Å². The fraction of sp³-hybridized carbons (Fsp3) is 0.179.